The summed E-state index contributed by atoms with van der Waals surface area (Å²) in [7, 11) is 1.58. The molecule has 2 aromatic carbocycles. The first kappa shape index (κ1) is 22.8. The molecule has 0 saturated heterocycles. The lowest BCUT2D eigenvalue weighted by molar-refractivity contribution is 0.0930. The summed E-state index contributed by atoms with van der Waals surface area (Å²) in [5.74, 6) is 1.80. The average Bonchev–Trinajstić information content (AvgIpc) is 3.68. The minimum atomic E-state index is -0.109. The molecule has 4 rings (SSSR count). The van der Waals surface area contributed by atoms with Crippen LogP contribution in [0.3, 0.4) is 0 Å². The molecule has 2 aliphatic rings. The highest BCUT2D eigenvalue weighted by atomic mass is 16.5. The first-order valence-corrected chi connectivity index (χ1v) is 11.8. The zero-order valence-corrected chi connectivity index (χ0v) is 19.2. The normalized spacial score (nSPS) is 22.8. The Balaban J connectivity index is 1.45. The van der Waals surface area contributed by atoms with E-state index >= 15 is 0 Å². The number of nitrogens with zero attached hydrogens (tertiary/aromatic N) is 2. The van der Waals surface area contributed by atoms with E-state index in [2.05, 4.69) is 46.1 Å². The molecule has 2 fully saturated rings. The molecule has 0 radical (unpaired) electrons. The van der Waals surface area contributed by atoms with Crippen LogP contribution in [0.25, 0.3) is 0 Å². The topological polar surface area (TPSA) is 86.5 Å². The molecule has 2 aliphatic carbocycles. The molecule has 0 spiro atoms. The summed E-state index contributed by atoms with van der Waals surface area (Å²) in [6, 6.07) is 18.2. The zero-order valence-electron chi connectivity index (χ0n) is 19.2. The van der Waals surface area contributed by atoms with Crippen molar-refractivity contribution in [3.8, 4) is 11.9 Å². The van der Waals surface area contributed by atoms with Crippen molar-refractivity contribution >= 4 is 11.7 Å². The maximum atomic E-state index is 13.0. The molecule has 0 aromatic heterocycles. The first-order chi connectivity index (χ1) is 16.1. The van der Waals surface area contributed by atoms with E-state index in [1.165, 1.54) is 5.56 Å². The van der Waals surface area contributed by atoms with Crippen LogP contribution in [-0.2, 0) is 5.41 Å². The Morgan fingerprint density at radius 1 is 1.09 bits per heavy atom. The number of aliphatic imine (C=N–C) groups is 1. The van der Waals surface area contributed by atoms with Gasteiger partial charge in [-0.25, -0.2) is 0 Å². The lowest BCUT2D eigenvalue weighted by Gasteiger charge is -2.41. The van der Waals surface area contributed by atoms with Gasteiger partial charge in [-0.2, -0.15) is 5.26 Å². The van der Waals surface area contributed by atoms with Gasteiger partial charge in [-0.3, -0.25) is 15.1 Å². The maximum absolute atomic E-state index is 13.0. The molecule has 0 unspecified atom stereocenters. The fourth-order valence-electron chi connectivity index (χ4n) is 4.87. The van der Waals surface area contributed by atoms with Gasteiger partial charge in [0.15, 0.2) is 6.19 Å². The van der Waals surface area contributed by atoms with E-state index in [0.29, 0.717) is 29.8 Å². The van der Waals surface area contributed by atoms with Crippen molar-refractivity contribution in [2.45, 2.75) is 56.4 Å². The number of hydrogen-bond donors (Lipinski definition) is 2. The van der Waals surface area contributed by atoms with Crippen LogP contribution in [0.1, 0.15) is 60.9 Å². The van der Waals surface area contributed by atoms with Crippen LogP contribution in [0.5, 0.6) is 5.75 Å². The SMILES string of the molecule is COc1ccccc1C(=O)NCC1(c2ccccc2)CCC(CC(=NC2CC2)NC#N)CC1. The molecule has 2 N–H and O–H groups in total. The number of para-hydroxylation sites is 1. The number of methoxy groups -OCH3 is 1. The number of nitrogens with one attached hydrogen (secondary N) is 2. The van der Waals surface area contributed by atoms with Crippen LogP contribution in [-0.4, -0.2) is 31.4 Å². The molecular formula is C27H32N4O2. The van der Waals surface area contributed by atoms with Gasteiger partial charge in [-0.1, -0.05) is 42.5 Å². The smallest absolute Gasteiger partial charge is 0.255 e. The number of amides is 1. The van der Waals surface area contributed by atoms with Crippen molar-refractivity contribution in [1.82, 2.24) is 10.6 Å². The van der Waals surface area contributed by atoms with Gasteiger partial charge in [0.25, 0.3) is 5.91 Å². The van der Waals surface area contributed by atoms with Gasteiger partial charge in [0.2, 0.25) is 0 Å². The summed E-state index contributed by atoms with van der Waals surface area (Å²) in [5.41, 5.74) is 1.72. The Bertz CT molecular complexity index is 1020. The van der Waals surface area contributed by atoms with Gasteiger partial charge in [-0.05, 0) is 62.1 Å². The molecule has 6 nitrogen and oxygen atoms in total. The van der Waals surface area contributed by atoms with E-state index in [1.54, 1.807) is 13.2 Å². The van der Waals surface area contributed by atoms with Gasteiger partial charge < -0.3 is 10.1 Å². The van der Waals surface area contributed by atoms with E-state index in [0.717, 1.165) is 50.8 Å². The van der Waals surface area contributed by atoms with Crippen molar-refractivity contribution in [2.24, 2.45) is 10.9 Å². The van der Waals surface area contributed by atoms with Crippen molar-refractivity contribution < 1.29 is 9.53 Å². The third-order valence-electron chi connectivity index (χ3n) is 6.95. The molecule has 6 heteroatoms. The highest BCUT2D eigenvalue weighted by molar-refractivity contribution is 5.97. The number of amidine groups is 1. The molecule has 0 bridgehead atoms. The lowest BCUT2D eigenvalue weighted by Crippen LogP contribution is -2.43. The van der Waals surface area contributed by atoms with Crippen LogP contribution < -0.4 is 15.4 Å². The fourth-order valence-corrected chi connectivity index (χ4v) is 4.87. The molecule has 0 heterocycles. The lowest BCUT2D eigenvalue weighted by atomic mass is 9.66. The Morgan fingerprint density at radius 2 is 1.79 bits per heavy atom. The van der Waals surface area contributed by atoms with Gasteiger partial charge in [0, 0.05) is 18.4 Å². The highest BCUT2D eigenvalue weighted by Gasteiger charge is 2.37. The van der Waals surface area contributed by atoms with Gasteiger partial charge >= 0.3 is 0 Å². The van der Waals surface area contributed by atoms with Crippen LogP contribution >= 0.6 is 0 Å². The summed E-state index contributed by atoms with van der Waals surface area (Å²) in [6.07, 6.45) is 9.17. The van der Waals surface area contributed by atoms with Crippen LogP contribution in [0, 0.1) is 17.4 Å². The molecule has 2 saturated carbocycles. The Hall–Kier alpha value is -3.33. The fraction of sp³-hybridized carbons (Fsp3) is 0.444. The average molecular weight is 445 g/mol. The Kier molecular flexibility index (Phi) is 7.29. The van der Waals surface area contributed by atoms with Crippen LogP contribution in [0.4, 0.5) is 0 Å². The number of carbonyl (C=O) groups excluding carboxylic acids is 1. The first-order valence-electron chi connectivity index (χ1n) is 11.8. The number of nitriles is 1. The zero-order chi connectivity index (χ0) is 23.1. The van der Waals surface area contributed by atoms with Gasteiger partial charge in [-0.15, -0.1) is 0 Å². The number of benzene rings is 2. The Labute approximate surface area is 196 Å². The van der Waals surface area contributed by atoms with E-state index in [1.807, 2.05) is 24.3 Å². The van der Waals surface area contributed by atoms with Crippen LogP contribution in [0.15, 0.2) is 59.6 Å². The molecular weight excluding hydrogens is 412 g/mol. The third kappa shape index (κ3) is 5.73. The predicted octanol–water partition coefficient (Wildman–Crippen LogP) is 4.57. The summed E-state index contributed by atoms with van der Waals surface area (Å²) in [6.45, 7) is 0.583. The van der Waals surface area contributed by atoms with Crippen molar-refractivity contribution in [2.75, 3.05) is 13.7 Å². The monoisotopic (exact) mass is 444 g/mol. The van der Waals surface area contributed by atoms with E-state index in [4.69, 9.17) is 10.00 Å². The van der Waals surface area contributed by atoms with Crippen molar-refractivity contribution in [3.05, 3.63) is 65.7 Å². The van der Waals surface area contributed by atoms with Gasteiger partial charge in [0.1, 0.15) is 11.6 Å². The third-order valence-corrected chi connectivity index (χ3v) is 6.95. The van der Waals surface area contributed by atoms with Crippen molar-refractivity contribution in [1.29, 1.82) is 5.26 Å². The largest absolute Gasteiger partial charge is 0.496 e. The number of rotatable bonds is 8. The quantitative estimate of drug-likeness (QED) is 0.270. The molecule has 0 aliphatic heterocycles. The molecule has 1 amide bonds. The van der Waals surface area contributed by atoms with Gasteiger partial charge in [0.05, 0.1) is 18.7 Å². The number of carbonyl (C=O) groups is 1. The minimum Gasteiger partial charge on any atom is -0.496 e. The second kappa shape index (κ2) is 10.5. The highest BCUT2D eigenvalue weighted by Crippen LogP contribution is 2.42. The molecule has 2 aromatic rings. The summed E-state index contributed by atoms with van der Waals surface area (Å²) >= 11 is 0. The standard InChI is InChI=1S/C27H32N4O2/c1-33-24-10-6-5-9-23(24)26(32)29-18-27(21-7-3-2-4-8-21)15-13-20(14-16-27)17-25(30-19-28)31-22-11-12-22/h2-10,20,22H,11-18H2,1H3,(H,29,32)(H,30,31). The summed E-state index contributed by atoms with van der Waals surface area (Å²) in [4.78, 5) is 17.7. The maximum Gasteiger partial charge on any atom is 0.255 e. The molecule has 172 valence electrons. The van der Waals surface area contributed by atoms with E-state index in [9.17, 15) is 4.79 Å². The second-order valence-corrected chi connectivity index (χ2v) is 9.22. The van der Waals surface area contributed by atoms with Crippen molar-refractivity contribution in [3.63, 3.8) is 0 Å². The second-order valence-electron chi connectivity index (χ2n) is 9.22. The number of ether oxygens (including phenoxy) is 1. The molecule has 0 atom stereocenters. The summed E-state index contributed by atoms with van der Waals surface area (Å²) in [5, 5.41) is 15.1. The predicted molar refractivity (Wildman–Crippen MR) is 129 cm³/mol. The molecule has 33 heavy (non-hydrogen) atoms. The Morgan fingerprint density at radius 3 is 2.45 bits per heavy atom. The minimum absolute atomic E-state index is 0.105. The van der Waals surface area contributed by atoms with E-state index < -0.39 is 0 Å². The van der Waals surface area contributed by atoms with E-state index in [-0.39, 0.29) is 11.3 Å². The summed E-state index contributed by atoms with van der Waals surface area (Å²) < 4.78 is 5.37. The van der Waals surface area contributed by atoms with Crippen LogP contribution in [0.2, 0.25) is 0 Å². The number of hydrogen-bond acceptors (Lipinski definition) is 4.